The molecule has 118 valence electrons. The largest absolute Gasteiger partial charge is 0.456 e. The lowest BCUT2D eigenvalue weighted by Gasteiger charge is -2.24. The van der Waals surface area contributed by atoms with E-state index in [1.807, 2.05) is 6.92 Å². The molecule has 0 saturated carbocycles. The van der Waals surface area contributed by atoms with Crippen molar-refractivity contribution >= 4 is 11.8 Å². The number of rotatable bonds is 2. The van der Waals surface area contributed by atoms with Gasteiger partial charge in [0.05, 0.1) is 11.3 Å². The molecule has 2 aliphatic rings. The first kappa shape index (κ1) is 14.1. The number of carbonyl (C=O) groups excluding carboxylic acids is 1. The molecule has 0 bridgehead atoms. The summed E-state index contributed by atoms with van der Waals surface area (Å²) in [5.74, 6) is 0.903. The van der Waals surface area contributed by atoms with Crippen molar-refractivity contribution in [2.24, 2.45) is 0 Å². The topological polar surface area (TPSA) is 67.0 Å². The number of aromatic nitrogens is 2. The summed E-state index contributed by atoms with van der Waals surface area (Å²) >= 11 is 0. The molecule has 1 aromatic carbocycles. The molecule has 0 fully saturated rings. The van der Waals surface area contributed by atoms with Gasteiger partial charge in [0.1, 0.15) is 6.61 Å². The van der Waals surface area contributed by atoms with Gasteiger partial charge in [-0.25, -0.2) is 4.79 Å². The Kier molecular flexibility index (Phi) is 3.04. The average molecular weight is 309 g/mol. The Morgan fingerprint density at radius 3 is 2.70 bits per heavy atom. The van der Waals surface area contributed by atoms with Gasteiger partial charge in [-0.05, 0) is 24.0 Å². The summed E-state index contributed by atoms with van der Waals surface area (Å²) in [7, 11) is 0. The molecule has 0 radical (unpaired) electrons. The molecule has 4 rings (SSSR count). The van der Waals surface area contributed by atoms with Crippen LogP contribution in [0.2, 0.25) is 0 Å². The lowest BCUT2D eigenvalue weighted by molar-refractivity contribution is -0.136. The Morgan fingerprint density at radius 1 is 1.26 bits per heavy atom. The highest BCUT2D eigenvalue weighted by atomic mass is 16.5. The number of H-pyrrole nitrogens is 1. The lowest BCUT2D eigenvalue weighted by atomic mass is 9.81. The molecule has 5 nitrogen and oxygen atoms in total. The van der Waals surface area contributed by atoms with Gasteiger partial charge in [0.15, 0.2) is 5.82 Å². The highest BCUT2D eigenvalue weighted by molar-refractivity contribution is 5.97. The molecule has 1 aromatic heterocycles. The van der Waals surface area contributed by atoms with Crippen molar-refractivity contribution in [1.29, 1.82) is 0 Å². The molecule has 0 spiro atoms. The average Bonchev–Trinajstić information content (AvgIpc) is 3.10. The molecule has 0 unspecified atom stereocenters. The third kappa shape index (κ3) is 2.07. The first-order valence-electron chi connectivity index (χ1n) is 7.88. The standard InChI is InChI=1S/C18H19N3O2/c1-9(2)11-4-6-12(7-5-11)15-14-10(3)20-21-17(14)19-13-8-23-18(22)16(13)15/h4-7,9,15H,8H2,1-3H3,(H2,19,20,21)/t15-/m1/s1. The predicted molar refractivity (Wildman–Crippen MR) is 87.3 cm³/mol. The lowest BCUT2D eigenvalue weighted by Crippen LogP contribution is -2.19. The van der Waals surface area contributed by atoms with Gasteiger partial charge in [0.25, 0.3) is 0 Å². The second-order valence-corrected chi connectivity index (χ2v) is 6.46. The van der Waals surface area contributed by atoms with E-state index in [1.54, 1.807) is 0 Å². The molecule has 0 aliphatic carbocycles. The van der Waals surface area contributed by atoms with Crippen LogP contribution < -0.4 is 5.32 Å². The molecule has 2 aromatic rings. The number of fused-ring (bicyclic) bond motifs is 1. The van der Waals surface area contributed by atoms with E-state index in [0.717, 1.165) is 28.3 Å². The number of hydrogen-bond acceptors (Lipinski definition) is 4. The molecule has 3 heterocycles. The Balaban J connectivity index is 1.86. The number of nitrogens with zero attached hydrogens (tertiary/aromatic N) is 1. The minimum absolute atomic E-state index is 0.129. The quantitative estimate of drug-likeness (QED) is 0.836. The Morgan fingerprint density at radius 2 is 2.00 bits per heavy atom. The van der Waals surface area contributed by atoms with E-state index in [9.17, 15) is 4.79 Å². The minimum Gasteiger partial charge on any atom is -0.456 e. The first-order chi connectivity index (χ1) is 11.1. The van der Waals surface area contributed by atoms with Crippen molar-refractivity contribution in [2.45, 2.75) is 32.6 Å². The SMILES string of the molecule is Cc1[nH]nc2c1[C@@H](c1ccc(C(C)C)cc1)C1=C(COC1=O)N2. The third-order valence-electron chi connectivity index (χ3n) is 4.67. The van der Waals surface area contributed by atoms with Crippen LogP contribution in [-0.2, 0) is 9.53 Å². The molecular weight excluding hydrogens is 290 g/mol. The summed E-state index contributed by atoms with van der Waals surface area (Å²) in [4.78, 5) is 12.3. The van der Waals surface area contributed by atoms with Crippen LogP contribution >= 0.6 is 0 Å². The zero-order valence-electron chi connectivity index (χ0n) is 13.4. The molecule has 1 atom stereocenters. The van der Waals surface area contributed by atoms with Crippen molar-refractivity contribution in [3.63, 3.8) is 0 Å². The van der Waals surface area contributed by atoms with E-state index in [0.29, 0.717) is 18.1 Å². The molecule has 5 heteroatoms. The van der Waals surface area contributed by atoms with Crippen LogP contribution in [0, 0.1) is 6.92 Å². The summed E-state index contributed by atoms with van der Waals surface area (Å²) < 4.78 is 5.24. The Labute approximate surface area is 134 Å². The minimum atomic E-state index is -0.239. The van der Waals surface area contributed by atoms with Gasteiger partial charge in [-0.1, -0.05) is 38.1 Å². The van der Waals surface area contributed by atoms with Crippen molar-refractivity contribution in [3.8, 4) is 0 Å². The second-order valence-electron chi connectivity index (χ2n) is 6.46. The number of aryl methyl sites for hydroxylation is 1. The van der Waals surface area contributed by atoms with Gasteiger partial charge in [-0.2, -0.15) is 5.10 Å². The third-order valence-corrected chi connectivity index (χ3v) is 4.67. The maximum absolute atomic E-state index is 12.3. The maximum atomic E-state index is 12.3. The predicted octanol–water partition coefficient (Wildman–Crippen LogP) is 3.21. The summed E-state index contributed by atoms with van der Waals surface area (Å²) in [5.41, 5.74) is 5.91. The summed E-state index contributed by atoms with van der Waals surface area (Å²) in [6, 6.07) is 8.49. The number of cyclic esters (lactones) is 1. The number of anilines is 1. The zero-order chi connectivity index (χ0) is 16.1. The van der Waals surface area contributed by atoms with Crippen molar-refractivity contribution in [2.75, 3.05) is 11.9 Å². The van der Waals surface area contributed by atoms with Crippen LogP contribution in [-0.4, -0.2) is 22.8 Å². The van der Waals surface area contributed by atoms with E-state index in [4.69, 9.17) is 4.74 Å². The normalized spacial score (nSPS) is 19.5. The molecule has 2 N–H and O–H groups in total. The number of aromatic amines is 1. The van der Waals surface area contributed by atoms with Crippen LogP contribution in [0.25, 0.3) is 0 Å². The maximum Gasteiger partial charge on any atom is 0.337 e. The Hall–Kier alpha value is -2.56. The number of esters is 1. The van der Waals surface area contributed by atoms with Crippen LogP contribution in [0.5, 0.6) is 0 Å². The van der Waals surface area contributed by atoms with E-state index < -0.39 is 0 Å². The monoisotopic (exact) mass is 309 g/mol. The highest BCUT2D eigenvalue weighted by Gasteiger charge is 2.40. The number of nitrogens with one attached hydrogen (secondary N) is 2. The molecule has 2 aliphatic heterocycles. The van der Waals surface area contributed by atoms with Crippen LogP contribution in [0.15, 0.2) is 35.5 Å². The molecular formula is C18H19N3O2. The van der Waals surface area contributed by atoms with Gasteiger partial charge in [-0.15, -0.1) is 0 Å². The Bertz CT molecular complexity index is 815. The van der Waals surface area contributed by atoms with Gasteiger partial charge >= 0.3 is 5.97 Å². The number of hydrogen-bond donors (Lipinski definition) is 2. The van der Waals surface area contributed by atoms with Crippen molar-refractivity contribution in [3.05, 3.63) is 57.9 Å². The number of ether oxygens (including phenoxy) is 1. The molecule has 23 heavy (non-hydrogen) atoms. The van der Waals surface area contributed by atoms with E-state index >= 15 is 0 Å². The fourth-order valence-corrected chi connectivity index (χ4v) is 3.39. The summed E-state index contributed by atoms with van der Waals surface area (Å²) in [6.07, 6.45) is 0. The van der Waals surface area contributed by atoms with Gasteiger partial charge in [0, 0.05) is 17.2 Å². The summed E-state index contributed by atoms with van der Waals surface area (Å²) in [6.45, 7) is 6.62. The fraction of sp³-hybridized carbons (Fsp3) is 0.333. The van der Waals surface area contributed by atoms with E-state index in [1.165, 1.54) is 5.56 Å². The zero-order valence-corrected chi connectivity index (χ0v) is 13.4. The van der Waals surface area contributed by atoms with Crippen molar-refractivity contribution in [1.82, 2.24) is 10.2 Å². The van der Waals surface area contributed by atoms with Crippen LogP contribution in [0.3, 0.4) is 0 Å². The van der Waals surface area contributed by atoms with Gasteiger partial charge in [0.2, 0.25) is 0 Å². The van der Waals surface area contributed by atoms with Crippen molar-refractivity contribution < 1.29 is 9.53 Å². The van der Waals surface area contributed by atoms with Crippen LogP contribution in [0.4, 0.5) is 5.82 Å². The fourth-order valence-electron chi connectivity index (χ4n) is 3.39. The number of carbonyl (C=O) groups is 1. The van der Waals surface area contributed by atoms with Gasteiger partial charge < -0.3 is 10.1 Å². The molecule has 0 saturated heterocycles. The van der Waals surface area contributed by atoms with E-state index in [2.05, 4.69) is 53.6 Å². The highest BCUT2D eigenvalue weighted by Crippen LogP contribution is 2.44. The smallest absolute Gasteiger partial charge is 0.337 e. The second kappa shape index (κ2) is 4.98. The van der Waals surface area contributed by atoms with Gasteiger partial charge in [-0.3, -0.25) is 5.10 Å². The van der Waals surface area contributed by atoms with Crippen LogP contribution in [0.1, 0.15) is 48.1 Å². The summed E-state index contributed by atoms with van der Waals surface area (Å²) in [5, 5.41) is 10.6. The first-order valence-corrected chi connectivity index (χ1v) is 7.88. The molecule has 0 amide bonds. The number of benzene rings is 1. The van der Waals surface area contributed by atoms with E-state index in [-0.39, 0.29) is 11.9 Å².